The van der Waals surface area contributed by atoms with E-state index >= 15 is 0 Å². The number of rotatable bonds is 3. The van der Waals surface area contributed by atoms with Crippen LogP contribution in [0.4, 0.5) is 0 Å². The highest BCUT2D eigenvalue weighted by Crippen LogP contribution is 2.17. The first-order chi connectivity index (χ1) is 6.01. The quantitative estimate of drug-likeness (QED) is 0.620. The molecule has 4 heteroatoms. The van der Waals surface area contributed by atoms with Gasteiger partial charge in [-0.05, 0) is 26.7 Å². The number of aliphatic hydroxyl groups excluding tert-OH is 1. The minimum absolute atomic E-state index is 0.0425. The molecule has 1 rings (SSSR count). The van der Waals surface area contributed by atoms with Crippen LogP contribution in [-0.2, 0) is 4.74 Å². The Hall–Kier alpha value is -0.160. The molecule has 1 aliphatic rings. The van der Waals surface area contributed by atoms with Crippen molar-refractivity contribution in [1.29, 1.82) is 0 Å². The summed E-state index contributed by atoms with van der Waals surface area (Å²) in [6.45, 7) is 4.96. The zero-order chi connectivity index (χ0) is 9.90. The predicted molar refractivity (Wildman–Crippen MR) is 49.1 cm³/mol. The third-order valence-electron chi connectivity index (χ3n) is 2.12. The lowest BCUT2D eigenvalue weighted by Gasteiger charge is -2.34. The van der Waals surface area contributed by atoms with Crippen molar-refractivity contribution in [2.24, 2.45) is 0 Å². The maximum absolute atomic E-state index is 9.43. The van der Waals surface area contributed by atoms with Crippen molar-refractivity contribution in [2.75, 3.05) is 19.8 Å². The summed E-state index contributed by atoms with van der Waals surface area (Å²) in [7, 11) is 0. The summed E-state index contributed by atoms with van der Waals surface area (Å²) in [6, 6.07) is 0. The molecule has 0 aromatic rings. The highest BCUT2D eigenvalue weighted by molar-refractivity contribution is 4.72. The van der Waals surface area contributed by atoms with Gasteiger partial charge in [0.2, 0.25) is 0 Å². The maximum Gasteiger partial charge on any atom is 0.160 e. The summed E-state index contributed by atoms with van der Waals surface area (Å²) in [5, 5.41) is 18.3. The van der Waals surface area contributed by atoms with Crippen LogP contribution in [-0.4, -0.2) is 46.8 Å². The van der Waals surface area contributed by atoms with E-state index in [-0.39, 0.29) is 12.8 Å². The summed E-state index contributed by atoms with van der Waals surface area (Å²) < 4.78 is 5.41. The average molecular weight is 189 g/mol. The third-order valence-corrected chi connectivity index (χ3v) is 2.12. The van der Waals surface area contributed by atoms with Gasteiger partial charge in [0.1, 0.15) is 0 Å². The van der Waals surface area contributed by atoms with Crippen LogP contribution in [0.3, 0.4) is 0 Å². The molecule has 13 heavy (non-hydrogen) atoms. The van der Waals surface area contributed by atoms with E-state index in [1.165, 1.54) is 0 Å². The molecule has 1 saturated heterocycles. The van der Waals surface area contributed by atoms with Gasteiger partial charge in [-0.3, -0.25) is 4.90 Å². The molecule has 1 heterocycles. The Morgan fingerprint density at radius 3 is 2.77 bits per heavy atom. The molecule has 1 atom stereocenters. The first-order valence-corrected chi connectivity index (χ1v) is 4.74. The van der Waals surface area contributed by atoms with Crippen molar-refractivity contribution in [1.82, 2.24) is 4.90 Å². The van der Waals surface area contributed by atoms with Crippen LogP contribution in [0.5, 0.6) is 0 Å². The summed E-state index contributed by atoms with van der Waals surface area (Å²) in [5.74, 6) is -1.07. The summed E-state index contributed by atoms with van der Waals surface area (Å²) in [5.41, 5.74) is 0. The number of hydrogen-bond donors (Lipinski definition) is 2. The van der Waals surface area contributed by atoms with Gasteiger partial charge in [-0.2, -0.15) is 0 Å². The Bertz CT molecular complexity index is 155. The second kappa shape index (κ2) is 4.37. The van der Waals surface area contributed by atoms with Crippen LogP contribution < -0.4 is 0 Å². The van der Waals surface area contributed by atoms with Gasteiger partial charge >= 0.3 is 0 Å². The van der Waals surface area contributed by atoms with Crippen molar-refractivity contribution < 1.29 is 14.9 Å². The minimum atomic E-state index is -1.07. The fraction of sp³-hybridized carbons (Fsp3) is 1.00. The molecule has 1 fully saturated rings. The predicted octanol–water partition coefficient (Wildman–Crippen LogP) is 0.146. The second-order valence-electron chi connectivity index (χ2n) is 4.05. The number of hydrogen-bond acceptors (Lipinski definition) is 4. The van der Waals surface area contributed by atoms with Crippen molar-refractivity contribution in [3.8, 4) is 0 Å². The SMILES string of the molecule is CC(C)(O)OC1CCCN(CO)C1. The Labute approximate surface area is 79.1 Å². The van der Waals surface area contributed by atoms with E-state index < -0.39 is 5.79 Å². The fourth-order valence-corrected chi connectivity index (χ4v) is 1.65. The number of piperidine rings is 1. The van der Waals surface area contributed by atoms with Gasteiger partial charge in [0.25, 0.3) is 0 Å². The van der Waals surface area contributed by atoms with Gasteiger partial charge < -0.3 is 14.9 Å². The fourth-order valence-electron chi connectivity index (χ4n) is 1.65. The van der Waals surface area contributed by atoms with Gasteiger partial charge in [0.05, 0.1) is 12.8 Å². The lowest BCUT2D eigenvalue weighted by molar-refractivity contribution is -0.216. The molecule has 2 N–H and O–H groups in total. The first kappa shape index (κ1) is 10.9. The van der Waals surface area contributed by atoms with E-state index in [9.17, 15) is 5.11 Å². The normalized spacial score (nSPS) is 26.3. The van der Waals surface area contributed by atoms with Crippen LogP contribution in [0.25, 0.3) is 0 Å². The lowest BCUT2D eigenvalue weighted by Crippen LogP contribution is -2.43. The highest BCUT2D eigenvalue weighted by Gasteiger charge is 2.25. The van der Waals surface area contributed by atoms with Crippen LogP contribution in [0.15, 0.2) is 0 Å². The van der Waals surface area contributed by atoms with Gasteiger partial charge in [0.15, 0.2) is 5.79 Å². The third kappa shape index (κ3) is 4.04. The minimum Gasteiger partial charge on any atom is -0.381 e. The Morgan fingerprint density at radius 1 is 1.54 bits per heavy atom. The summed E-state index contributed by atoms with van der Waals surface area (Å²) >= 11 is 0. The van der Waals surface area contributed by atoms with Gasteiger partial charge in [-0.25, -0.2) is 0 Å². The summed E-state index contributed by atoms with van der Waals surface area (Å²) in [6.07, 6.45) is 2.02. The molecule has 1 aliphatic heterocycles. The highest BCUT2D eigenvalue weighted by atomic mass is 16.6. The Balaban J connectivity index is 2.34. The van der Waals surface area contributed by atoms with Crippen LogP contribution >= 0.6 is 0 Å². The number of ether oxygens (including phenoxy) is 1. The number of nitrogens with zero attached hydrogens (tertiary/aromatic N) is 1. The van der Waals surface area contributed by atoms with E-state index in [2.05, 4.69) is 0 Å². The van der Waals surface area contributed by atoms with E-state index in [1.54, 1.807) is 13.8 Å². The lowest BCUT2D eigenvalue weighted by atomic mass is 10.1. The molecule has 0 aromatic heterocycles. The van der Waals surface area contributed by atoms with Gasteiger partial charge in [-0.15, -0.1) is 0 Å². The van der Waals surface area contributed by atoms with Crippen molar-refractivity contribution in [3.05, 3.63) is 0 Å². The molecule has 0 spiro atoms. The van der Waals surface area contributed by atoms with Crippen LogP contribution in [0.1, 0.15) is 26.7 Å². The monoisotopic (exact) mass is 189 g/mol. The number of likely N-dealkylation sites (tertiary alicyclic amines) is 1. The van der Waals surface area contributed by atoms with Gasteiger partial charge in [0, 0.05) is 13.1 Å². The van der Waals surface area contributed by atoms with Crippen LogP contribution in [0.2, 0.25) is 0 Å². The molecular weight excluding hydrogens is 170 g/mol. The molecule has 0 amide bonds. The average Bonchev–Trinajstić information content (AvgIpc) is 2.01. The molecule has 0 aromatic carbocycles. The zero-order valence-corrected chi connectivity index (χ0v) is 8.36. The molecule has 4 nitrogen and oxygen atoms in total. The van der Waals surface area contributed by atoms with Gasteiger partial charge in [-0.1, -0.05) is 0 Å². The summed E-state index contributed by atoms with van der Waals surface area (Å²) in [4.78, 5) is 1.92. The van der Waals surface area contributed by atoms with E-state index in [0.717, 1.165) is 19.4 Å². The van der Waals surface area contributed by atoms with E-state index in [0.29, 0.717) is 6.54 Å². The maximum atomic E-state index is 9.43. The molecule has 0 bridgehead atoms. The van der Waals surface area contributed by atoms with Crippen molar-refractivity contribution >= 4 is 0 Å². The van der Waals surface area contributed by atoms with Crippen LogP contribution in [0, 0.1) is 0 Å². The molecule has 1 unspecified atom stereocenters. The smallest absolute Gasteiger partial charge is 0.160 e. The van der Waals surface area contributed by atoms with E-state index in [1.807, 2.05) is 4.90 Å². The Morgan fingerprint density at radius 2 is 2.23 bits per heavy atom. The largest absolute Gasteiger partial charge is 0.381 e. The van der Waals surface area contributed by atoms with E-state index in [4.69, 9.17) is 9.84 Å². The Kier molecular flexibility index (Phi) is 3.67. The standard InChI is InChI=1S/C9H19NO3/c1-9(2,12)13-8-4-3-5-10(6-8)7-11/h8,11-12H,3-7H2,1-2H3. The molecular formula is C9H19NO3. The molecule has 0 saturated carbocycles. The number of aliphatic hydroxyl groups is 2. The molecule has 78 valence electrons. The first-order valence-electron chi connectivity index (χ1n) is 4.74. The van der Waals surface area contributed by atoms with Crippen molar-refractivity contribution in [2.45, 2.75) is 38.6 Å². The molecule has 0 aliphatic carbocycles. The van der Waals surface area contributed by atoms with Crippen molar-refractivity contribution in [3.63, 3.8) is 0 Å². The second-order valence-corrected chi connectivity index (χ2v) is 4.05. The topological polar surface area (TPSA) is 52.9 Å². The molecule has 0 radical (unpaired) electrons. The zero-order valence-electron chi connectivity index (χ0n) is 8.36.